The number of aryl methyl sites for hydroxylation is 1. The Labute approximate surface area is 104 Å². The van der Waals surface area contributed by atoms with Gasteiger partial charge in [-0.25, -0.2) is 4.98 Å². The molecule has 1 aromatic rings. The largest absolute Gasteiger partial charge is 0.337 e. The average Bonchev–Trinajstić information content (AvgIpc) is 3.02. The highest BCUT2D eigenvalue weighted by molar-refractivity contribution is 5.01. The molecule has 0 amide bonds. The molecular formula is C14H23N3. The van der Waals surface area contributed by atoms with Gasteiger partial charge in [0.1, 0.15) is 5.82 Å². The van der Waals surface area contributed by atoms with Gasteiger partial charge in [-0.15, -0.1) is 0 Å². The lowest BCUT2D eigenvalue weighted by Crippen LogP contribution is -2.25. The summed E-state index contributed by atoms with van der Waals surface area (Å²) in [6, 6.07) is 0.430. The molecule has 4 unspecified atom stereocenters. The van der Waals surface area contributed by atoms with Crippen molar-refractivity contribution in [1.29, 1.82) is 0 Å². The molecule has 2 saturated carbocycles. The summed E-state index contributed by atoms with van der Waals surface area (Å²) in [5.74, 6) is 4.18. The van der Waals surface area contributed by atoms with Crippen LogP contribution < -0.4 is 5.32 Å². The first-order valence-electron chi connectivity index (χ1n) is 6.92. The van der Waals surface area contributed by atoms with Gasteiger partial charge in [0, 0.05) is 19.4 Å². The van der Waals surface area contributed by atoms with Crippen molar-refractivity contribution in [1.82, 2.24) is 14.9 Å². The number of fused-ring (bicyclic) bond motifs is 2. The van der Waals surface area contributed by atoms with Crippen LogP contribution in [0.15, 0.2) is 12.4 Å². The molecule has 0 aromatic carbocycles. The molecule has 2 fully saturated rings. The van der Waals surface area contributed by atoms with E-state index in [1.54, 1.807) is 0 Å². The van der Waals surface area contributed by atoms with Gasteiger partial charge in [-0.3, -0.25) is 0 Å². The molecule has 2 aliphatic carbocycles. The first-order chi connectivity index (χ1) is 8.28. The Kier molecular flexibility index (Phi) is 2.95. The zero-order valence-corrected chi connectivity index (χ0v) is 10.9. The monoisotopic (exact) mass is 233 g/mol. The molecule has 3 nitrogen and oxygen atoms in total. The quantitative estimate of drug-likeness (QED) is 0.866. The van der Waals surface area contributed by atoms with E-state index >= 15 is 0 Å². The summed E-state index contributed by atoms with van der Waals surface area (Å²) in [4.78, 5) is 4.49. The van der Waals surface area contributed by atoms with Gasteiger partial charge in [0.05, 0.1) is 6.04 Å². The van der Waals surface area contributed by atoms with Crippen LogP contribution in [0.4, 0.5) is 0 Å². The van der Waals surface area contributed by atoms with E-state index in [1.807, 2.05) is 12.4 Å². The molecule has 0 spiro atoms. The molecule has 1 aromatic heterocycles. The second-order valence-electron chi connectivity index (χ2n) is 5.91. The third kappa shape index (κ3) is 2.01. The zero-order valence-electron chi connectivity index (χ0n) is 10.9. The van der Waals surface area contributed by atoms with Crippen molar-refractivity contribution in [3.05, 3.63) is 18.2 Å². The molecular weight excluding hydrogens is 210 g/mol. The van der Waals surface area contributed by atoms with Crippen LogP contribution in [-0.4, -0.2) is 16.6 Å². The molecule has 2 bridgehead atoms. The molecule has 2 aliphatic rings. The summed E-state index contributed by atoms with van der Waals surface area (Å²) in [6.07, 6.45) is 11.2. The van der Waals surface area contributed by atoms with Gasteiger partial charge in [-0.05, 0) is 50.5 Å². The molecule has 0 saturated heterocycles. The van der Waals surface area contributed by atoms with Gasteiger partial charge >= 0.3 is 0 Å². The minimum absolute atomic E-state index is 0.430. The minimum atomic E-state index is 0.430. The Morgan fingerprint density at radius 2 is 2.35 bits per heavy atom. The predicted molar refractivity (Wildman–Crippen MR) is 68.6 cm³/mol. The lowest BCUT2D eigenvalue weighted by molar-refractivity contribution is 0.278. The molecule has 17 heavy (non-hydrogen) atoms. The van der Waals surface area contributed by atoms with Gasteiger partial charge in [0.2, 0.25) is 0 Å². The maximum atomic E-state index is 4.49. The van der Waals surface area contributed by atoms with E-state index in [0.29, 0.717) is 6.04 Å². The van der Waals surface area contributed by atoms with E-state index in [4.69, 9.17) is 0 Å². The number of hydrogen-bond acceptors (Lipinski definition) is 2. The lowest BCUT2D eigenvalue weighted by atomic mass is 9.84. The van der Waals surface area contributed by atoms with Crippen molar-refractivity contribution in [2.24, 2.45) is 24.8 Å². The number of aromatic nitrogens is 2. The SMILES string of the molecule is CNC(CC1CC2CCC1C2)c1nccn1C. The second-order valence-corrected chi connectivity index (χ2v) is 5.91. The number of hydrogen-bond donors (Lipinski definition) is 1. The van der Waals surface area contributed by atoms with Gasteiger partial charge in [0.25, 0.3) is 0 Å². The average molecular weight is 233 g/mol. The summed E-state index contributed by atoms with van der Waals surface area (Å²) in [5, 5.41) is 3.45. The number of rotatable bonds is 4. The van der Waals surface area contributed by atoms with Crippen LogP contribution in [0.5, 0.6) is 0 Å². The van der Waals surface area contributed by atoms with Crippen molar-refractivity contribution in [2.75, 3.05) is 7.05 Å². The van der Waals surface area contributed by atoms with E-state index in [0.717, 1.165) is 17.8 Å². The van der Waals surface area contributed by atoms with Crippen LogP contribution in [0.3, 0.4) is 0 Å². The molecule has 0 aliphatic heterocycles. The molecule has 1 heterocycles. The van der Waals surface area contributed by atoms with Crippen molar-refractivity contribution >= 4 is 0 Å². The fraction of sp³-hybridized carbons (Fsp3) is 0.786. The lowest BCUT2D eigenvalue weighted by Gasteiger charge is -2.26. The predicted octanol–water partition coefficient (Wildman–Crippen LogP) is 2.51. The number of imidazole rings is 1. The van der Waals surface area contributed by atoms with Crippen LogP contribution in [0, 0.1) is 17.8 Å². The Hall–Kier alpha value is -0.830. The van der Waals surface area contributed by atoms with Gasteiger partial charge in [0.15, 0.2) is 0 Å². The van der Waals surface area contributed by atoms with Crippen LogP contribution in [0.2, 0.25) is 0 Å². The van der Waals surface area contributed by atoms with Crippen LogP contribution in [-0.2, 0) is 7.05 Å². The van der Waals surface area contributed by atoms with Crippen LogP contribution in [0.25, 0.3) is 0 Å². The summed E-state index contributed by atoms with van der Waals surface area (Å²) >= 11 is 0. The molecule has 1 N–H and O–H groups in total. The summed E-state index contributed by atoms with van der Waals surface area (Å²) in [6.45, 7) is 0. The maximum absolute atomic E-state index is 4.49. The van der Waals surface area contributed by atoms with E-state index < -0.39 is 0 Å². The molecule has 4 atom stereocenters. The summed E-state index contributed by atoms with van der Waals surface area (Å²) in [5.41, 5.74) is 0. The van der Waals surface area contributed by atoms with Crippen molar-refractivity contribution in [3.8, 4) is 0 Å². The Morgan fingerprint density at radius 3 is 2.88 bits per heavy atom. The van der Waals surface area contributed by atoms with Crippen LogP contribution in [0.1, 0.15) is 44.0 Å². The molecule has 94 valence electrons. The van der Waals surface area contributed by atoms with Crippen molar-refractivity contribution in [3.63, 3.8) is 0 Å². The maximum Gasteiger partial charge on any atom is 0.125 e. The molecule has 3 rings (SSSR count). The third-order valence-electron chi connectivity index (χ3n) is 4.94. The van der Waals surface area contributed by atoms with Gasteiger partial charge in [-0.2, -0.15) is 0 Å². The zero-order chi connectivity index (χ0) is 11.8. The highest BCUT2D eigenvalue weighted by Gasteiger charge is 2.40. The third-order valence-corrected chi connectivity index (χ3v) is 4.94. The second kappa shape index (κ2) is 4.45. The fourth-order valence-electron chi connectivity index (χ4n) is 4.03. The number of nitrogens with zero attached hydrogens (tertiary/aromatic N) is 2. The Balaban J connectivity index is 1.69. The van der Waals surface area contributed by atoms with Gasteiger partial charge in [-0.1, -0.05) is 6.42 Å². The normalized spacial score (nSPS) is 33.2. The smallest absolute Gasteiger partial charge is 0.125 e. The first kappa shape index (κ1) is 11.3. The van der Waals surface area contributed by atoms with E-state index in [2.05, 4.69) is 29.0 Å². The van der Waals surface area contributed by atoms with E-state index in [9.17, 15) is 0 Å². The van der Waals surface area contributed by atoms with E-state index in [-0.39, 0.29) is 0 Å². The highest BCUT2D eigenvalue weighted by Crippen LogP contribution is 2.50. The van der Waals surface area contributed by atoms with Gasteiger partial charge < -0.3 is 9.88 Å². The summed E-state index contributed by atoms with van der Waals surface area (Å²) in [7, 11) is 4.15. The van der Waals surface area contributed by atoms with Crippen LogP contribution >= 0.6 is 0 Å². The minimum Gasteiger partial charge on any atom is -0.337 e. The topological polar surface area (TPSA) is 29.9 Å². The van der Waals surface area contributed by atoms with Crippen molar-refractivity contribution < 1.29 is 0 Å². The fourth-order valence-corrected chi connectivity index (χ4v) is 4.03. The highest BCUT2D eigenvalue weighted by atomic mass is 15.1. The van der Waals surface area contributed by atoms with Crippen molar-refractivity contribution in [2.45, 2.75) is 38.1 Å². The Bertz CT molecular complexity index is 385. The van der Waals surface area contributed by atoms with E-state index in [1.165, 1.54) is 37.9 Å². The standard InChI is InChI=1S/C14H23N3/c1-15-13(14-16-5-6-17(14)2)9-12-8-10-3-4-11(12)7-10/h5-6,10-13,15H,3-4,7-9H2,1-2H3. The first-order valence-corrected chi connectivity index (χ1v) is 6.92. The molecule has 0 radical (unpaired) electrons. The molecule has 3 heteroatoms. The summed E-state index contributed by atoms with van der Waals surface area (Å²) < 4.78 is 2.15. The Morgan fingerprint density at radius 1 is 1.47 bits per heavy atom. The number of nitrogens with one attached hydrogen (secondary N) is 1.